The standard InChI is InChI=1S/C21H21N5OS/c1-14-6-4-8-18-20(14)23-21(28-18)25(12-17-7-5-9-22-11-17)19(27)13-26-16(3)10-15(2)24-26/h4-11H,12-13H2,1-3H3. The van der Waals surface area contributed by atoms with Crippen molar-refractivity contribution in [2.45, 2.75) is 33.9 Å². The van der Waals surface area contributed by atoms with Crippen molar-refractivity contribution in [2.75, 3.05) is 4.90 Å². The fourth-order valence-corrected chi connectivity index (χ4v) is 4.24. The number of hydrogen-bond acceptors (Lipinski definition) is 5. The molecule has 142 valence electrons. The van der Waals surface area contributed by atoms with Crippen molar-refractivity contribution in [1.82, 2.24) is 19.7 Å². The van der Waals surface area contributed by atoms with Gasteiger partial charge in [0, 0.05) is 18.1 Å². The summed E-state index contributed by atoms with van der Waals surface area (Å²) in [5.74, 6) is -0.0493. The van der Waals surface area contributed by atoms with Gasteiger partial charge >= 0.3 is 0 Å². The molecule has 0 spiro atoms. The summed E-state index contributed by atoms with van der Waals surface area (Å²) in [5, 5.41) is 5.12. The van der Waals surface area contributed by atoms with Gasteiger partial charge in [0.25, 0.3) is 5.91 Å². The molecule has 1 amide bonds. The zero-order valence-corrected chi connectivity index (χ0v) is 16.9. The maximum absolute atomic E-state index is 13.3. The fourth-order valence-electron chi connectivity index (χ4n) is 3.18. The van der Waals surface area contributed by atoms with E-state index in [-0.39, 0.29) is 12.5 Å². The summed E-state index contributed by atoms with van der Waals surface area (Å²) in [4.78, 5) is 23.9. The number of pyridine rings is 1. The molecule has 4 aromatic rings. The second kappa shape index (κ2) is 7.52. The topological polar surface area (TPSA) is 63.9 Å². The zero-order chi connectivity index (χ0) is 19.7. The number of nitrogens with zero attached hydrogens (tertiary/aromatic N) is 5. The largest absolute Gasteiger partial charge is 0.282 e. The van der Waals surface area contributed by atoms with E-state index in [9.17, 15) is 4.79 Å². The maximum Gasteiger partial charge on any atom is 0.250 e. The minimum atomic E-state index is -0.0493. The van der Waals surface area contributed by atoms with Crippen LogP contribution in [0.5, 0.6) is 0 Å². The molecule has 7 heteroatoms. The average molecular weight is 392 g/mol. The molecule has 0 saturated carbocycles. The van der Waals surface area contributed by atoms with E-state index >= 15 is 0 Å². The summed E-state index contributed by atoms with van der Waals surface area (Å²) in [6, 6.07) is 11.9. The summed E-state index contributed by atoms with van der Waals surface area (Å²) < 4.78 is 2.82. The lowest BCUT2D eigenvalue weighted by molar-refractivity contribution is -0.119. The summed E-state index contributed by atoms with van der Waals surface area (Å²) in [7, 11) is 0. The molecule has 1 aromatic carbocycles. The Morgan fingerprint density at radius 1 is 1.18 bits per heavy atom. The van der Waals surface area contributed by atoms with E-state index in [2.05, 4.69) is 10.1 Å². The monoisotopic (exact) mass is 391 g/mol. The molecule has 3 aromatic heterocycles. The highest BCUT2D eigenvalue weighted by atomic mass is 32.1. The molecule has 0 unspecified atom stereocenters. The summed E-state index contributed by atoms with van der Waals surface area (Å²) in [6.07, 6.45) is 3.51. The van der Waals surface area contributed by atoms with Crippen LogP contribution in [0.25, 0.3) is 10.2 Å². The van der Waals surface area contributed by atoms with Gasteiger partial charge in [-0.3, -0.25) is 19.4 Å². The van der Waals surface area contributed by atoms with Gasteiger partial charge in [-0.1, -0.05) is 29.5 Å². The normalized spacial score (nSPS) is 11.1. The molecule has 0 aliphatic carbocycles. The number of benzene rings is 1. The minimum absolute atomic E-state index is 0.0493. The van der Waals surface area contributed by atoms with Crippen LogP contribution < -0.4 is 4.90 Å². The molecule has 0 fully saturated rings. The molecular weight excluding hydrogens is 370 g/mol. The third kappa shape index (κ3) is 3.66. The highest BCUT2D eigenvalue weighted by Gasteiger charge is 2.22. The Kier molecular flexibility index (Phi) is 4.92. The number of thiazole rings is 1. The van der Waals surface area contributed by atoms with Gasteiger partial charge in [0.2, 0.25) is 0 Å². The number of aryl methyl sites for hydroxylation is 3. The maximum atomic E-state index is 13.3. The lowest BCUT2D eigenvalue weighted by Crippen LogP contribution is -2.34. The lowest BCUT2D eigenvalue weighted by atomic mass is 10.2. The number of amides is 1. The van der Waals surface area contributed by atoms with Crippen LogP contribution in [0.3, 0.4) is 0 Å². The van der Waals surface area contributed by atoms with Gasteiger partial charge < -0.3 is 0 Å². The first-order valence-electron chi connectivity index (χ1n) is 9.08. The van der Waals surface area contributed by atoms with Crippen LogP contribution in [0.1, 0.15) is 22.5 Å². The van der Waals surface area contributed by atoms with E-state index in [1.807, 2.05) is 57.2 Å². The van der Waals surface area contributed by atoms with Gasteiger partial charge in [0.05, 0.1) is 22.5 Å². The number of anilines is 1. The van der Waals surface area contributed by atoms with E-state index in [1.165, 1.54) is 11.3 Å². The van der Waals surface area contributed by atoms with Gasteiger partial charge in [-0.25, -0.2) is 4.98 Å². The summed E-state index contributed by atoms with van der Waals surface area (Å²) in [5.41, 5.74) is 4.87. The molecule has 0 aliphatic heterocycles. The number of rotatable bonds is 5. The quantitative estimate of drug-likeness (QED) is 0.515. The van der Waals surface area contributed by atoms with Crippen molar-refractivity contribution in [1.29, 1.82) is 0 Å². The van der Waals surface area contributed by atoms with Crippen LogP contribution in [0.4, 0.5) is 5.13 Å². The Bertz CT molecular complexity index is 1130. The van der Waals surface area contributed by atoms with Crippen molar-refractivity contribution in [3.63, 3.8) is 0 Å². The number of fused-ring (bicyclic) bond motifs is 1. The van der Waals surface area contributed by atoms with Crippen molar-refractivity contribution in [3.05, 3.63) is 71.3 Å². The smallest absolute Gasteiger partial charge is 0.250 e. The van der Waals surface area contributed by atoms with Crippen LogP contribution in [-0.2, 0) is 17.9 Å². The molecule has 0 N–H and O–H groups in total. The number of carbonyl (C=O) groups is 1. The molecule has 0 radical (unpaired) electrons. The molecule has 4 rings (SSSR count). The van der Waals surface area contributed by atoms with Crippen LogP contribution in [0.2, 0.25) is 0 Å². The highest BCUT2D eigenvalue weighted by molar-refractivity contribution is 7.22. The van der Waals surface area contributed by atoms with E-state index in [4.69, 9.17) is 4.98 Å². The first-order chi connectivity index (χ1) is 13.5. The molecule has 28 heavy (non-hydrogen) atoms. The SMILES string of the molecule is Cc1cc(C)n(CC(=O)N(Cc2cccnc2)c2nc3c(C)cccc3s2)n1. The molecule has 0 saturated heterocycles. The van der Waals surface area contributed by atoms with Gasteiger partial charge in [-0.2, -0.15) is 5.10 Å². The fraction of sp³-hybridized carbons (Fsp3) is 0.238. The van der Waals surface area contributed by atoms with E-state index in [0.29, 0.717) is 11.7 Å². The third-order valence-electron chi connectivity index (χ3n) is 4.59. The van der Waals surface area contributed by atoms with Gasteiger partial charge in [0.1, 0.15) is 6.54 Å². The summed E-state index contributed by atoms with van der Waals surface area (Å²) in [6.45, 7) is 6.52. The molecule has 3 heterocycles. The first-order valence-corrected chi connectivity index (χ1v) is 9.89. The van der Waals surface area contributed by atoms with Gasteiger partial charge in [-0.05, 0) is 50.1 Å². The first kappa shape index (κ1) is 18.3. The third-order valence-corrected chi connectivity index (χ3v) is 5.64. The molecule has 6 nitrogen and oxygen atoms in total. The Labute approximate surface area is 167 Å². The van der Waals surface area contributed by atoms with Gasteiger partial charge in [0.15, 0.2) is 5.13 Å². The number of carbonyl (C=O) groups excluding carboxylic acids is 1. The Morgan fingerprint density at radius 3 is 2.71 bits per heavy atom. The second-order valence-electron chi connectivity index (χ2n) is 6.84. The van der Waals surface area contributed by atoms with Crippen molar-refractivity contribution >= 4 is 32.6 Å². The van der Waals surface area contributed by atoms with Crippen molar-refractivity contribution < 1.29 is 4.79 Å². The number of hydrogen-bond donors (Lipinski definition) is 0. The molecule has 0 aliphatic rings. The summed E-state index contributed by atoms with van der Waals surface area (Å²) >= 11 is 1.53. The number of para-hydroxylation sites is 1. The Balaban J connectivity index is 1.71. The van der Waals surface area contributed by atoms with Crippen molar-refractivity contribution in [3.8, 4) is 0 Å². The highest BCUT2D eigenvalue weighted by Crippen LogP contribution is 2.31. The van der Waals surface area contributed by atoms with Crippen LogP contribution in [0, 0.1) is 20.8 Å². The predicted octanol–water partition coefficient (Wildman–Crippen LogP) is 4.05. The Hall–Kier alpha value is -3.06. The van der Waals surface area contributed by atoms with E-state index in [1.54, 1.807) is 22.0 Å². The van der Waals surface area contributed by atoms with Crippen LogP contribution >= 0.6 is 11.3 Å². The van der Waals surface area contributed by atoms with Gasteiger partial charge in [-0.15, -0.1) is 0 Å². The molecule has 0 bridgehead atoms. The van der Waals surface area contributed by atoms with E-state index < -0.39 is 0 Å². The Morgan fingerprint density at radius 2 is 2.04 bits per heavy atom. The average Bonchev–Trinajstić information content (AvgIpc) is 3.24. The van der Waals surface area contributed by atoms with Crippen LogP contribution in [-0.4, -0.2) is 25.7 Å². The zero-order valence-electron chi connectivity index (χ0n) is 16.1. The predicted molar refractivity (Wildman–Crippen MR) is 111 cm³/mol. The van der Waals surface area contributed by atoms with E-state index in [0.717, 1.165) is 32.7 Å². The second-order valence-corrected chi connectivity index (χ2v) is 7.85. The van der Waals surface area contributed by atoms with Crippen molar-refractivity contribution in [2.24, 2.45) is 0 Å². The minimum Gasteiger partial charge on any atom is -0.282 e. The molecule has 0 atom stereocenters. The van der Waals surface area contributed by atoms with Crippen LogP contribution in [0.15, 0.2) is 48.8 Å². The molecular formula is C21H21N5OS. The number of aromatic nitrogens is 4. The lowest BCUT2D eigenvalue weighted by Gasteiger charge is -2.20.